The third-order valence-corrected chi connectivity index (χ3v) is 5.21. The molecule has 0 radical (unpaired) electrons. The number of aromatic nitrogens is 1. The van der Waals surface area contributed by atoms with E-state index in [4.69, 9.17) is 9.47 Å². The molecule has 0 bridgehead atoms. The minimum absolute atomic E-state index is 0.165. The van der Waals surface area contributed by atoms with Crippen molar-refractivity contribution in [3.63, 3.8) is 0 Å². The molecular weight excluding hydrogens is 396 g/mol. The summed E-state index contributed by atoms with van der Waals surface area (Å²) in [6.45, 7) is 5.22. The van der Waals surface area contributed by atoms with Gasteiger partial charge < -0.3 is 9.47 Å². The molecule has 1 aromatic heterocycles. The predicted molar refractivity (Wildman–Crippen MR) is 103 cm³/mol. The first kappa shape index (κ1) is 20.7. The molecule has 2 heterocycles. The summed E-state index contributed by atoms with van der Waals surface area (Å²) in [7, 11) is 0. The Hall–Kier alpha value is -3.07. The fourth-order valence-electron chi connectivity index (χ4n) is 3.03. The van der Waals surface area contributed by atoms with Crippen molar-refractivity contribution >= 4 is 35.1 Å². The van der Waals surface area contributed by atoms with Gasteiger partial charge in [0.05, 0.1) is 23.4 Å². The third-order valence-electron chi connectivity index (χ3n) is 4.34. The van der Waals surface area contributed by atoms with Crippen molar-refractivity contribution in [2.45, 2.75) is 33.4 Å². The van der Waals surface area contributed by atoms with Gasteiger partial charge >= 0.3 is 11.9 Å². The van der Waals surface area contributed by atoms with E-state index in [0.717, 1.165) is 16.2 Å². The fraction of sp³-hybridized carbons (Fsp3) is 0.350. The van der Waals surface area contributed by atoms with Crippen LogP contribution in [0.15, 0.2) is 29.6 Å². The van der Waals surface area contributed by atoms with Gasteiger partial charge in [0, 0.05) is 5.38 Å². The van der Waals surface area contributed by atoms with E-state index in [9.17, 15) is 19.2 Å². The van der Waals surface area contributed by atoms with Crippen LogP contribution in [-0.4, -0.2) is 46.3 Å². The zero-order valence-corrected chi connectivity index (χ0v) is 17.0. The van der Waals surface area contributed by atoms with E-state index in [2.05, 4.69) is 4.98 Å². The maximum absolute atomic E-state index is 12.7. The summed E-state index contributed by atoms with van der Waals surface area (Å²) in [5, 5.41) is 1.75. The van der Waals surface area contributed by atoms with Crippen LogP contribution in [0.5, 0.6) is 0 Å². The lowest BCUT2D eigenvalue weighted by Crippen LogP contribution is -2.48. The lowest BCUT2D eigenvalue weighted by Gasteiger charge is -2.27. The Morgan fingerprint density at radius 3 is 2.28 bits per heavy atom. The first-order chi connectivity index (χ1) is 13.8. The molecule has 0 N–H and O–H groups in total. The molecule has 1 atom stereocenters. The van der Waals surface area contributed by atoms with E-state index < -0.39 is 29.8 Å². The van der Waals surface area contributed by atoms with E-state index in [1.807, 2.05) is 0 Å². The molecular formula is C20H20N2O6S. The van der Waals surface area contributed by atoms with E-state index in [-0.39, 0.29) is 35.3 Å². The second-order valence-corrected chi connectivity index (χ2v) is 7.55. The second-order valence-electron chi connectivity index (χ2n) is 6.69. The highest BCUT2D eigenvalue weighted by molar-refractivity contribution is 7.11. The number of nitrogens with zero attached hydrogens (tertiary/aromatic N) is 2. The van der Waals surface area contributed by atoms with Crippen LogP contribution in [0.1, 0.15) is 57.0 Å². The summed E-state index contributed by atoms with van der Waals surface area (Å²) < 4.78 is 10.2. The van der Waals surface area contributed by atoms with Gasteiger partial charge in [-0.3, -0.25) is 14.5 Å². The Balaban J connectivity index is 1.72. The number of esters is 2. The number of benzene rings is 1. The van der Waals surface area contributed by atoms with Crippen LogP contribution < -0.4 is 0 Å². The molecule has 3 rings (SSSR count). The quantitative estimate of drug-likeness (QED) is 0.505. The highest BCUT2D eigenvalue weighted by Gasteiger charge is 2.44. The zero-order valence-electron chi connectivity index (χ0n) is 16.2. The molecule has 0 spiro atoms. The van der Waals surface area contributed by atoms with Crippen LogP contribution >= 0.6 is 11.3 Å². The van der Waals surface area contributed by atoms with Crippen LogP contribution in [0, 0.1) is 5.92 Å². The Bertz CT molecular complexity index is 932. The summed E-state index contributed by atoms with van der Waals surface area (Å²) in [5.41, 5.74) is 0.931. The topological polar surface area (TPSA) is 103 Å². The third kappa shape index (κ3) is 4.04. The molecule has 2 aromatic rings. The molecule has 2 amide bonds. The summed E-state index contributed by atoms with van der Waals surface area (Å²) >= 11 is 1.09. The van der Waals surface area contributed by atoms with Crippen LogP contribution in [0.25, 0.3) is 0 Å². The van der Waals surface area contributed by atoms with Gasteiger partial charge in [0.2, 0.25) is 5.01 Å². The summed E-state index contributed by atoms with van der Waals surface area (Å²) in [6.07, 6.45) is 0. The number of ether oxygens (including phenoxy) is 2. The number of carbonyl (C=O) groups excluding carboxylic acids is 4. The highest BCUT2D eigenvalue weighted by Crippen LogP contribution is 2.28. The summed E-state index contributed by atoms with van der Waals surface area (Å²) in [4.78, 5) is 54.9. The Kier molecular flexibility index (Phi) is 6.07. The Labute approximate surface area is 171 Å². The van der Waals surface area contributed by atoms with Crippen LogP contribution in [0.3, 0.4) is 0 Å². The van der Waals surface area contributed by atoms with Crippen LogP contribution in [0.4, 0.5) is 0 Å². The fourth-order valence-corrected chi connectivity index (χ4v) is 3.72. The lowest BCUT2D eigenvalue weighted by atomic mass is 10.0. The number of carbonyl (C=O) groups is 4. The second kappa shape index (κ2) is 8.52. The molecule has 1 aromatic carbocycles. The smallest absolute Gasteiger partial charge is 0.367 e. The number of imide groups is 1. The predicted octanol–water partition coefficient (Wildman–Crippen LogP) is 2.68. The van der Waals surface area contributed by atoms with Crippen molar-refractivity contribution in [2.24, 2.45) is 5.92 Å². The average molecular weight is 416 g/mol. The number of hydrogen-bond acceptors (Lipinski definition) is 8. The van der Waals surface area contributed by atoms with E-state index in [1.54, 1.807) is 50.4 Å². The van der Waals surface area contributed by atoms with Gasteiger partial charge in [-0.25, -0.2) is 14.6 Å². The van der Waals surface area contributed by atoms with Crippen molar-refractivity contribution in [1.29, 1.82) is 0 Å². The first-order valence-electron chi connectivity index (χ1n) is 9.10. The maximum Gasteiger partial charge on any atom is 0.367 e. The average Bonchev–Trinajstić information content (AvgIpc) is 3.26. The number of thiazole rings is 1. The van der Waals surface area contributed by atoms with Crippen LogP contribution in [-0.2, 0) is 20.9 Å². The minimum atomic E-state index is -1.06. The first-order valence-corrected chi connectivity index (χ1v) is 9.98. The maximum atomic E-state index is 12.7. The molecule has 9 heteroatoms. The molecule has 0 saturated heterocycles. The Morgan fingerprint density at radius 1 is 1.10 bits per heavy atom. The number of amides is 2. The van der Waals surface area contributed by atoms with Gasteiger partial charge in [-0.2, -0.15) is 0 Å². The standard InChI is InChI=1S/C20H20N2O6S/c1-4-27-20(26)16-21-12(10-29-16)9-28-19(25)15(11(2)3)22-17(23)13-7-5-6-8-14(13)18(22)24/h5-8,10-11,15H,4,9H2,1-3H3/t15-/m0/s1. The molecule has 1 aliphatic heterocycles. The van der Waals surface area contributed by atoms with Crippen molar-refractivity contribution in [1.82, 2.24) is 9.88 Å². The molecule has 152 valence electrons. The largest absolute Gasteiger partial charge is 0.461 e. The molecule has 0 fully saturated rings. The van der Waals surface area contributed by atoms with Crippen molar-refractivity contribution in [2.75, 3.05) is 6.61 Å². The summed E-state index contributed by atoms with van der Waals surface area (Å²) in [5.74, 6) is -2.63. The van der Waals surface area contributed by atoms with E-state index >= 15 is 0 Å². The molecule has 0 aliphatic carbocycles. The summed E-state index contributed by atoms with van der Waals surface area (Å²) in [6, 6.07) is 5.39. The highest BCUT2D eigenvalue weighted by atomic mass is 32.1. The molecule has 0 saturated carbocycles. The van der Waals surface area contributed by atoms with Gasteiger partial charge in [-0.1, -0.05) is 26.0 Å². The van der Waals surface area contributed by atoms with Gasteiger partial charge in [-0.05, 0) is 25.0 Å². The number of fused-ring (bicyclic) bond motifs is 1. The van der Waals surface area contributed by atoms with E-state index in [1.165, 1.54) is 0 Å². The van der Waals surface area contributed by atoms with Gasteiger partial charge in [0.1, 0.15) is 12.6 Å². The van der Waals surface area contributed by atoms with Gasteiger partial charge in [0.25, 0.3) is 11.8 Å². The molecule has 0 unspecified atom stereocenters. The number of hydrogen-bond donors (Lipinski definition) is 0. The molecule has 8 nitrogen and oxygen atoms in total. The van der Waals surface area contributed by atoms with Crippen molar-refractivity contribution in [3.8, 4) is 0 Å². The molecule has 29 heavy (non-hydrogen) atoms. The minimum Gasteiger partial charge on any atom is -0.461 e. The lowest BCUT2D eigenvalue weighted by molar-refractivity contribution is -0.151. The Morgan fingerprint density at radius 2 is 1.72 bits per heavy atom. The van der Waals surface area contributed by atoms with Crippen molar-refractivity contribution < 1.29 is 28.7 Å². The van der Waals surface area contributed by atoms with Gasteiger partial charge in [-0.15, -0.1) is 11.3 Å². The zero-order chi connectivity index (χ0) is 21.1. The van der Waals surface area contributed by atoms with E-state index in [0.29, 0.717) is 5.69 Å². The molecule has 1 aliphatic rings. The number of rotatable bonds is 7. The normalized spacial score (nSPS) is 14.1. The van der Waals surface area contributed by atoms with Crippen molar-refractivity contribution in [3.05, 3.63) is 51.5 Å². The van der Waals surface area contributed by atoms with Crippen LogP contribution in [0.2, 0.25) is 0 Å². The monoisotopic (exact) mass is 416 g/mol. The SMILES string of the molecule is CCOC(=O)c1nc(COC(=O)[C@H](C(C)C)N2C(=O)c3ccccc3C2=O)cs1. The van der Waals surface area contributed by atoms with Gasteiger partial charge in [0.15, 0.2) is 0 Å².